The Morgan fingerprint density at radius 1 is 1.69 bits per heavy atom. The third-order valence-corrected chi connectivity index (χ3v) is 3.85. The molecule has 0 saturated heterocycles. The summed E-state index contributed by atoms with van der Waals surface area (Å²) < 4.78 is 0. The van der Waals surface area contributed by atoms with Crippen molar-refractivity contribution in [2.24, 2.45) is 0 Å². The van der Waals surface area contributed by atoms with E-state index in [1.807, 2.05) is 12.3 Å². The minimum atomic E-state index is -0.345. The molecule has 0 atom stereocenters. The summed E-state index contributed by atoms with van der Waals surface area (Å²) in [5.74, 6) is -0.0425. The number of aromatic nitrogens is 1. The van der Waals surface area contributed by atoms with Crippen molar-refractivity contribution < 1.29 is 9.90 Å². The number of hydrogen-bond donors (Lipinski definition) is 2. The third kappa shape index (κ3) is 2.41. The van der Waals surface area contributed by atoms with Crippen LogP contribution < -0.4 is 5.32 Å². The normalized spacial score (nSPS) is 17.9. The van der Waals surface area contributed by atoms with Crippen molar-refractivity contribution >= 4 is 17.2 Å². The molecule has 1 amide bonds. The third-order valence-electron chi connectivity index (χ3n) is 3.03. The number of rotatable bonds is 4. The molecule has 0 bridgehead atoms. The van der Waals surface area contributed by atoms with E-state index in [0.29, 0.717) is 6.42 Å². The van der Waals surface area contributed by atoms with Crippen LogP contribution in [0.1, 0.15) is 30.0 Å². The number of carbonyl (C=O) groups is 1. The first-order chi connectivity index (χ1) is 7.63. The number of aliphatic hydroxyl groups excluding tert-OH is 1. The van der Waals surface area contributed by atoms with E-state index in [0.717, 1.165) is 30.0 Å². The van der Waals surface area contributed by atoms with Crippen molar-refractivity contribution in [3.63, 3.8) is 0 Å². The van der Waals surface area contributed by atoms with Gasteiger partial charge in [-0.1, -0.05) is 0 Å². The molecule has 1 fully saturated rings. The number of amides is 1. The summed E-state index contributed by atoms with van der Waals surface area (Å²) in [5, 5.41) is 15.0. The summed E-state index contributed by atoms with van der Waals surface area (Å²) in [6.07, 6.45) is 3.15. The maximum Gasteiger partial charge on any atom is 0.226 e. The van der Waals surface area contributed by atoms with E-state index in [4.69, 9.17) is 0 Å². The van der Waals surface area contributed by atoms with Crippen LogP contribution in [0.4, 0.5) is 0 Å². The Labute approximate surface area is 98.7 Å². The van der Waals surface area contributed by atoms with Crippen LogP contribution in [-0.2, 0) is 11.2 Å². The van der Waals surface area contributed by atoms with Gasteiger partial charge in [0.25, 0.3) is 0 Å². The lowest BCUT2D eigenvalue weighted by molar-refractivity contribution is -0.124. The van der Waals surface area contributed by atoms with Crippen molar-refractivity contribution in [3.05, 3.63) is 16.1 Å². The van der Waals surface area contributed by atoms with Crippen molar-refractivity contribution in [3.8, 4) is 0 Å². The Morgan fingerprint density at radius 3 is 2.88 bits per heavy atom. The minimum Gasteiger partial charge on any atom is -0.394 e. The molecule has 16 heavy (non-hydrogen) atoms. The first-order valence-electron chi connectivity index (χ1n) is 5.46. The fourth-order valence-corrected chi connectivity index (χ4v) is 2.53. The zero-order valence-electron chi connectivity index (χ0n) is 9.32. The summed E-state index contributed by atoms with van der Waals surface area (Å²) in [7, 11) is 0. The van der Waals surface area contributed by atoms with E-state index in [-0.39, 0.29) is 18.1 Å². The molecule has 0 aliphatic heterocycles. The van der Waals surface area contributed by atoms with Crippen molar-refractivity contribution in [2.45, 2.75) is 38.1 Å². The van der Waals surface area contributed by atoms with Gasteiger partial charge in [-0.3, -0.25) is 4.79 Å². The molecule has 2 rings (SSSR count). The van der Waals surface area contributed by atoms with Gasteiger partial charge in [-0.05, 0) is 26.2 Å². The number of carbonyl (C=O) groups excluding carboxylic acids is 1. The van der Waals surface area contributed by atoms with E-state index in [1.165, 1.54) is 0 Å². The molecular weight excluding hydrogens is 224 g/mol. The molecule has 2 N–H and O–H groups in total. The summed E-state index contributed by atoms with van der Waals surface area (Å²) >= 11 is 1.55. The van der Waals surface area contributed by atoms with Crippen LogP contribution in [-0.4, -0.2) is 28.1 Å². The van der Waals surface area contributed by atoms with Crippen LogP contribution in [0.25, 0.3) is 0 Å². The first kappa shape index (κ1) is 11.5. The topological polar surface area (TPSA) is 62.2 Å². The molecule has 4 nitrogen and oxygen atoms in total. The lowest BCUT2D eigenvalue weighted by Gasteiger charge is -2.40. The molecule has 1 aromatic rings. The van der Waals surface area contributed by atoms with Crippen LogP contribution in [0.2, 0.25) is 0 Å². The maximum absolute atomic E-state index is 11.7. The monoisotopic (exact) mass is 240 g/mol. The second kappa shape index (κ2) is 4.51. The first-order valence-corrected chi connectivity index (χ1v) is 6.34. The number of thiazole rings is 1. The summed E-state index contributed by atoms with van der Waals surface area (Å²) in [6, 6.07) is 0. The van der Waals surface area contributed by atoms with Crippen LogP contribution >= 0.6 is 11.3 Å². The highest BCUT2D eigenvalue weighted by molar-refractivity contribution is 7.09. The molecule has 1 aliphatic carbocycles. The lowest BCUT2D eigenvalue weighted by Crippen LogP contribution is -2.56. The molecule has 5 heteroatoms. The molecule has 0 spiro atoms. The SMILES string of the molecule is Cc1nc(CC(=O)NC2(CO)CCC2)cs1. The molecule has 1 heterocycles. The zero-order chi connectivity index (χ0) is 11.6. The molecule has 0 radical (unpaired) electrons. The van der Waals surface area contributed by atoms with E-state index in [9.17, 15) is 9.90 Å². The Kier molecular flexibility index (Phi) is 3.25. The van der Waals surface area contributed by atoms with Crippen molar-refractivity contribution in [1.29, 1.82) is 0 Å². The fourth-order valence-electron chi connectivity index (χ4n) is 1.92. The highest BCUT2D eigenvalue weighted by Gasteiger charge is 2.37. The highest BCUT2D eigenvalue weighted by atomic mass is 32.1. The summed E-state index contributed by atoms with van der Waals surface area (Å²) in [5.41, 5.74) is 0.467. The van der Waals surface area contributed by atoms with Gasteiger partial charge in [-0.15, -0.1) is 11.3 Å². The van der Waals surface area contributed by atoms with Crippen LogP contribution in [0, 0.1) is 6.92 Å². The molecule has 1 aliphatic rings. The molecule has 0 unspecified atom stereocenters. The average Bonchev–Trinajstić information content (AvgIpc) is 2.57. The van der Waals surface area contributed by atoms with Crippen molar-refractivity contribution in [1.82, 2.24) is 10.3 Å². The van der Waals surface area contributed by atoms with Gasteiger partial charge in [0.2, 0.25) is 5.91 Å². The van der Waals surface area contributed by atoms with Gasteiger partial charge in [0, 0.05) is 5.38 Å². The predicted molar refractivity (Wildman–Crippen MR) is 62.4 cm³/mol. The lowest BCUT2D eigenvalue weighted by atomic mass is 9.77. The molecule has 1 saturated carbocycles. The Morgan fingerprint density at radius 2 is 2.44 bits per heavy atom. The van der Waals surface area contributed by atoms with E-state index in [1.54, 1.807) is 11.3 Å². The molecule has 88 valence electrons. The summed E-state index contributed by atoms with van der Waals surface area (Å²) in [6.45, 7) is 1.96. The molecular formula is C11H16N2O2S. The highest BCUT2D eigenvalue weighted by Crippen LogP contribution is 2.31. The Bertz CT molecular complexity index is 380. The quantitative estimate of drug-likeness (QED) is 0.826. The predicted octanol–water partition coefficient (Wildman–Crippen LogP) is 1.03. The second-order valence-corrected chi connectivity index (χ2v) is 5.44. The van der Waals surface area contributed by atoms with Gasteiger partial charge in [-0.2, -0.15) is 0 Å². The van der Waals surface area contributed by atoms with E-state index >= 15 is 0 Å². The smallest absolute Gasteiger partial charge is 0.226 e. The van der Waals surface area contributed by atoms with Gasteiger partial charge in [0.15, 0.2) is 0 Å². The van der Waals surface area contributed by atoms with Gasteiger partial charge < -0.3 is 10.4 Å². The fraction of sp³-hybridized carbons (Fsp3) is 0.636. The minimum absolute atomic E-state index is 0.0365. The Hall–Kier alpha value is -0.940. The second-order valence-electron chi connectivity index (χ2n) is 4.37. The van der Waals surface area contributed by atoms with Gasteiger partial charge in [-0.25, -0.2) is 4.98 Å². The number of nitrogens with one attached hydrogen (secondary N) is 1. The van der Waals surface area contributed by atoms with Gasteiger partial charge in [0.1, 0.15) is 0 Å². The van der Waals surface area contributed by atoms with E-state index in [2.05, 4.69) is 10.3 Å². The number of nitrogens with zero attached hydrogens (tertiary/aromatic N) is 1. The van der Waals surface area contributed by atoms with Crippen LogP contribution in [0.5, 0.6) is 0 Å². The zero-order valence-corrected chi connectivity index (χ0v) is 10.1. The summed E-state index contributed by atoms with van der Waals surface area (Å²) in [4.78, 5) is 16.0. The van der Waals surface area contributed by atoms with E-state index < -0.39 is 0 Å². The van der Waals surface area contributed by atoms with Gasteiger partial charge >= 0.3 is 0 Å². The molecule has 0 aromatic carbocycles. The van der Waals surface area contributed by atoms with Crippen LogP contribution in [0.15, 0.2) is 5.38 Å². The Balaban J connectivity index is 1.89. The number of aryl methyl sites for hydroxylation is 1. The standard InChI is InChI=1S/C11H16N2O2S/c1-8-12-9(6-16-8)5-10(15)13-11(7-14)3-2-4-11/h6,14H,2-5,7H2,1H3,(H,13,15). The van der Waals surface area contributed by atoms with Gasteiger partial charge in [0.05, 0.1) is 29.3 Å². The van der Waals surface area contributed by atoms with Crippen LogP contribution in [0.3, 0.4) is 0 Å². The maximum atomic E-state index is 11.7. The molecule has 1 aromatic heterocycles. The number of hydrogen-bond acceptors (Lipinski definition) is 4. The average molecular weight is 240 g/mol. The van der Waals surface area contributed by atoms with Crippen molar-refractivity contribution in [2.75, 3.05) is 6.61 Å². The number of aliphatic hydroxyl groups is 1. The largest absolute Gasteiger partial charge is 0.394 e.